The molecular weight excluding hydrogens is 497 g/mol. The summed E-state index contributed by atoms with van der Waals surface area (Å²) in [7, 11) is 0. The van der Waals surface area contributed by atoms with E-state index in [1.807, 2.05) is 13.0 Å². The van der Waals surface area contributed by atoms with E-state index in [2.05, 4.69) is 15.5 Å². The van der Waals surface area contributed by atoms with Gasteiger partial charge < -0.3 is 14.7 Å². The average Bonchev–Trinajstić information content (AvgIpc) is 3.38. The van der Waals surface area contributed by atoms with Crippen LogP contribution in [0.5, 0.6) is 0 Å². The Morgan fingerprint density at radius 1 is 1.11 bits per heavy atom. The van der Waals surface area contributed by atoms with Crippen LogP contribution in [0.1, 0.15) is 93.7 Å². The zero-order chi connectivity index (χ0) is 27.0. The Bertz CT molecular complexity index is 1240. The van der Waals surface area contributed by atoms with Crippen LogP contribution in [-0.4, -0.2) is 40.7 Å². The number of alkyl halides is 3. The summed E-state index contributed by atoms with van der Waals surface area (Å²) in [5.74, 6) is -3.75. The van der Waals surface area contributed by atoms with Gasteiger partial charge in [-0.3, -0.25) is 9.59 Å². The Balaban J connectivity index is 1.25. The van der Waals surface area contributed by atoms with Gasteiger partial charge in [0.05, 0.1) is 5.41 Å². The fraction of sp³-hybridized carbons (Fsp3) is 0.643. The van der Waals surface area contributed by atoms with Crippen LogP contribution in [-0.2, 0) is 16.1 Å². The minimum Gasteiger partial charge on any atom is -0.352 e. The molecule has 0 atom stereocenters. The molecular formula is C28H33F3N4O3. The number of fused-ring (bicyclic) bond motifs is 3. The quantitative estimate of drug-likeness (QED) is 0.491. The van der Waals surface area contributed by atoms with Crippen molar-refractivity contribution in [2.45, 2.75) is 88.6 Å². The van der Waals surface area contributed by atoms with Crippen molar-refractivity contribution in [3.8, 4) is 0 Å². The largest absolute Gasteiger partial charge is 0.352 e. The van der Waals surface area contributed by atoms with Gasteiger partial charge in [0, 0.05) is 36.7 Å². The number of nitrogens with one attached hydrogen (secondary N) is 1. The summed E-state index contributed by atoms with van der Waals surface area (Å²) >= 11 is 0. The molecule has 1 heterocycles. The van der Waals surface area contributed by atoms with Gasteiger partial charge in [-0.15, -0.1) is 0 Å². The van der Waals surface area contributed by atoms with Crippen molar-refractivity contribution >= 4 is 17.5 Å². The second-order valence-corrected chi connectivity index (χ2v) is 12.4. The summed E-state index contributed by atoms with van der Waals surface area (Å²) in [5.41, 5.74) is -1.26. The maximum Gasteiger partial charge on any atom is 0.322 e. The summed E-state index contributed by atoms with van der Waals surface area (Å²) < 4.78 is 46.7. The first-order valence-corrected chi connectivity index (χ1v) is 13.5. The van der Waals surface area contributed by atoms with Crippen molar-refractivity contribution < 1.29 is 27.3 Å². The molecule has 10 heteroatoms. The number of hydrogen-bond donors (Lipinski definition) is 1. The molecule has 1 N–H and O–H groups in total. The third-order valence-corrected chi connectivity index (χ3v) is 9.59. The van der Waals surface area contributed by atoms with Crippen molar-refractivity contribution in [2.75, 3.05) is 18.0 Å². The van der Waals surface area contributed by atoms with Crippen LogP contribution in [0.15, 0.2) is 28.8 Å². The lowest BCUT2D eigenvalue weighted by molar-refractivity contribution is -0.211. The number of benzene rings is 1. The molecule has 1 aromatic heterocycles. The minimum absolute atomic E-state index is 0.0603. The van der Waals surface area contributed by atoms with E-state index in [4.69, 9.17) is 4.52 Å². The van der Waals surface area contributed by atoms with Gasteiger partial charge in [0.25, 0.3) is 11.8 Å². The Morgan fingerprint density at radius 3 is 2.32 bits per heavy atom. The Morgan fingerprint density at radius 2 is 1.76 bits per heavy atom. The van der Waals surface area contributed by atoms with Gasteiger partial charge in [-0.05, 0) is 88.3 Å². The van der Waals surface area contributed by atoms with E-state index in [0.29, 0.717) is 30.2 Å². The van der Waals surface area contributed by atoms with Crippen molar-refractivity contribution in [1.29, 1.82) is 0 Å². The molecule has 0 unspecified atom stereocenters. The zero-order valence-electron chi connectivity index (χ0n) is 21.8. The molecule has 204 valence electrons. The number of anilines is 1. The first-order chi connectivity index (χ1) is 17.9. The van der Waals surface area contributed by atoms with Crippen LogP contribution < -0.4 is 10.2 Å². The summed E-state index contributed by atoms with van der Waals surface area (Å²) in [6.07, 6.45) is 5.34. The Kier molecular flexibility index (Phi) is 5.54. The first-order valence-electron chi connectivity index (χ1n) is 13.5. The SMILES string of the molecule is CCNC(=O)c1cccc(N(CC23CCC(c4noc(C(C)(F)F)n4)(CC2)CC3)C(=O)C23CC(F)(C2)C3)c1. The zero-order valence-corrected chi connectivity index (χ0v) is 21.8. The fourth-order valence-electron chi connectivity index (χ4n) is 7.32. The molecule has 38 heavy (non-hydrogen) atoms. The monoisotopic (exact) mass is 530 g/mol. The van der Waals surface area contributed by atoms with E-state index in [9.17, 15) is 22.8 Å². The molecule has 6 aliphatic carbocycles. The highest BCUT2D eigenvalue weighted by molar-refractivity contribution is 6.02. The van der Waals surface area contributed by atoms with Crippen LogP contribution >= 0.6 is 0 Å². The number of rotatable bonds is 8. The number of halogens is 3. The van der Waals surface area contributed by atoms with Crippen molar-refractivity contribution in [2.24, 2.45) is 10.8 Å². The van der Waals surface area contributed by atoms with Gasteiger partial charge in [-0.25, -0.2) is 4.39 Å². The van der Waals surface area contributed by atoms with E-state index in [1.54, 1.807) is 23.1 Å². The number of amides is 2. The third-order valence-electron chi connectivity index (χ3n) is 9.59. The van der Waals surface area contributed by atoms with Crippen molar-refractivity contribution in [1.82, 2.24) is 15.5 Å². The average molecular weight is 531 g/mol. The number of hydrogen-bond acceptors (Lipinski definition) is 5. The minimum atomic E-state index is -3.18. The molecule has 2 aromatic rings. The summed E-state index contributed by atoms with van der Waals surface area (Å²) in [4.78, 5) is 32.3. The number of carbonyl (C=O) groups is 2. The fourth-order valence-corrected chi connectivity index (χ4v) is 7.32. The second kappa shape index (κ2) is 8.29. The van der Waals surface area contributed by atoms with Crippen LogP contribution in [0.25, 0.3) is 0 Å². The lowest BCUT2D eigenvalue weighted by Crippen LogP contribution is -2.71. The number of carbonyl (C=O) groups excluding carboxylic acids is 2. The number of nitrogens with zero attached hydrogens (tertiary/aromatic N) is 3. The van der Waals surface area contributed by atoms with Crippen LogP contribution in [0, 0.1) is 10.8 Å². The molecule has 0 radical (unpaired) electrons. The molecule has 8 rings (SSSR count). The van der Waals surface area contributed by atoms with Gasteiger partial charge in [-0.2, -0.15) is 13.8 Å². The van der Waals surface area contributed by atoms with Gasteiger partial charge in [0.15, 0.2) is 5.82 Å². The highest BCUT2D eigenvalue weighted by Crippen LogP contribution is 2.70. The molecule has 6 saturated carbocycles. The van der Waals surface area contributed by atoms with Crippen LogP contribution in [0.4, 0.5) is 18.9 Å². The Labute approximate surface area is 219 Å². The predicted octanol–water partition coefficient (Wildman–Crippen LogP) is 5.45. The van der Waals surface area contributed by atoms with E-state index in [-0.39, 0.29) is 36.5 Å². The van der Waals surface area contributed by atoms with Gasteiger partial charge >= 0.3 is 5.92 Å². The molecule has 0 spiro atoms. The van der Waals surface area contributed by atoms with E-state index >= 15 is 0 Å². The Hall–Kier alpha value is -2.91. The van der Waals surface area contributed by atoms with Crippen molar-refractivity contribution in [3.63, 3.8) is 0 Å². The smallest absolute Gasteiger partial charge is 0.322 e. The topological polar surface area (TPSA) is 88.3 Å². The normalized spacial score (nSPS) is 33.3. The standard InChI is InChI=1S/C28H33F3N4O3/c1-3-32-20(36)18-5-4-6-19(13-18)35(23(37)27-14-28(31,15-27)16-27)17-25-7-10-26(11-8-25,12-9-25)21-33-22(38-34-21)24(2,29)30/h4-6,13H,3,7-12,14-17H2,1-2H3,(H,32,36). The van der Waals surface area contributed by atoms with E-state index in [0.717, 1.165) is 45.4 Å². The first kappa shape index (κ1) is 25.4. The van der Waals surface area contributed by atoms with Crippen LogP contribution in [0.2, 0.25) is 0 Å². The molecule has 4 bridgehead atoms. The molecule has 2 amide bonds. The maximum atomic E-state index is 14.4. The van der Waals surface area contributed by atoms with Gasteiger partial charge in [0.1, 0.15) is 5.67 Å². The number of aromatic nitrogens is 2. The summed E-state index contributed by atoms with van der Waals surface area (Å²) in [6.45, 7) is 3.57. The van der Waals surface area contributed by atoms with Crippen molar-refractivity contribution in [3.05, 3.63) is 41.5 Å². The van der Waals surface area contributed by atoms with E-state index < -0.39 is 28.3 Å². The highest BCUT2D eigenvalue weighted by atomic mass is 19.3. The lowest BCUT2D eigenvalue weighted by Gasteiger charge is -2.65. The van der Waals surface area contributed by atoms with Gasteiger partial charge in [-0.1, -0.05) is 11.2 Å². The van der Waals surface area contributed by atoms with Crippen LogP contribution in [0.3, 0.4) is 0 Å². The lowest BCUT2D eigenvalue weighted by atomic mass is 9.41. The summed E-state index contributed by atoms with van der Waals surface area (Å²) in [5, 5.41) is 6.73. The third kappa shape index (κ3) is 3.93. The highest BCUT2D eigenvalue weighted by Gasteiger charge is 2.73. The maximum absolute atomic E-state index is 14.4. The van der Waals surface area contributed by atoms with Gasteiger partial charge in [0.2, 0.25) is 5.91 Å². The van der Waals surface area contributed by atoms with E-state index in [1.165, 1.54) is 0 Å². The molecule has 0 saturated heterocycles. The molecule has 6 fully saturated rings. The molecule has 7 nitrogen and oxygen atoms in total. The predicted molar refractivity (Wildman–Crippen MR) is 133 cm³/mol. The summed E-state index contributed by atoms with van der Waals surface area (Å²) in [6, 6.07) is 7.09. The molecule has 1 aromatic carbocycles. The molecule has 6 aliphatic rings. The molecule has 0 aliphatic heterocycles. The second-order valence-electron chi connectivity index (χ2n) is 12.4.